The van der Waals surface area contributed by atoms with Crippen molar-refractivity contribution in [3.05, 3.63) is 46.7 Å². The molecule has 0 bridgehead atoms. The summed E-state index contributed by atoms with van der Waals surface area (Å²) in [6.07, 6.45) is 2.34. The molecule has 1 unspecified atom stereocenters. The van der Waals surface area contributed by atoms with Gasteiger partial charge in [-0.3, -0.25) is 10.2 Å². The van der Waals surface area contributed by atoms with Crippen LogP contribution < -0.4 is 10.6 Å². The number of carbonyl (C=O) groups excluding carboxylic acids is 1. The Labute approximate surface area is 146 Å². The quantitative estimate of drug-likeness (QED) is 0.866. The van der Waals surface area contributed by atoms with Gasteiger partial charge in [-0.15, -0.1) is 0 Å². The third-order valence-corrected chi connectivity index (χ3v) is 4.52. The summed E-state index contributed by atoms with van der Waals surface area (Å²) in [6, 6.07) is 9.23. The van der Waals surface area contributed by atoms with Crippen molar-refractivity contribution in [2.75, 3.05) is 25.0 Å². The van der Waals surface area contributed by atoms with Crippen LogP contribution in [0.15, 0.2) is 34.9 Å². The Kier molecular flexibility index (Phi) is 5.37. The fourth-order valence-corrected chi connectivity index (χ4v) is 3.27. The zero-order chi connectivity index (χ0) is 16.9. The highest BCUT2D eigenvalue weighted by Gasteiger charge is 2.25. The van der Waals surface area contributed by atoms with Crippen LogP contribution >= 0.6 is 11.6 Å². The molecule has 1 saturated heterocycles. The average molecular weight is 349 g/mol. The topological polar surface area (TPSA) is 70.4 Å². The van der Waals surface area contributed by atoms with E-state index in [0.717, 1.165) is 23.7 Å². The van der Waals surface area contributed by atoms with Gasteiger partial charge in [0, 0.05) is 17.6 Å². The van der Waals surface area contributed by atoms with Crippen LogP contribution in [-0.4, -0.2) is 35.7 Å². The molecule has 3 rings (SSSR count). The van der Waals surface area contributed by atoms with Gasteiger partial charge >= 0.3 is 6.03 Å². The molecule has 7 heteroatoms. The summed E-state index contributed by atoms with van der Waals surface area (Å²) in [7, 11) is 0. The number of rotatable bonds is 5. The number of hydrogen-bond acceptors (Lipinski definition) is 4. The first-order chi connectivity index (χ1) is 11.6. The molecule has 6 nitrogen and oxygen atoms in total. The van der Waals surface area contributed by atoms with E-state index in [1.807, 2.05) is 24.3 Å². The molecule has 0 saturated carbocycles. The van der Waals surface area contributed by atoms with E-state index in [9.17, 15) is 4.79 Å². The summed E-state index contributed by atoms with van der Waals surface area (Å²) in [6.45, 7) is 4.28. The zero-order valence-corrected chi connectivity index (χ0v) is 14.3. The first kappa shape index (κ1) is 16.8. The van der Waals surface area contributed by atoms with Gasteiger partial charge in [0.05, 0.1) is 6.04 Å². The Hall–Kier alpha value is -2.05. The van der Waals surface area contributed by atoms with Gasteiger partial charge in [-0.2, -0.15) is 0 Å². The molecule has 1 aromatic carbocycles. The number of nitrogens with zero attached hydrogens (tertiary/aromatic N) is 2. The van der Waals surface area contributed by atoms with E-state index in [1.165, 1.54) is 12.8 Å². The number of aryl methyl sites for hydroxylation is 1. The van der Waals surface area contributed by atoms with Gasteiger partial charge in [-0.05, 0) is 44.5 Å². The molecular formula is C17H21ClN4O2. The average Bonchev–Trinajstić information content (AvgIpc) is 3.21. The van der Waals surface area contributed by atoms with Gasteiger partial charge in [0.2, 0.25) is 0 Å². The summed E-state index contributed by atoms with van der Waals surface area (Å²) in [5.41, 5.74) is 1.04. The number of hydrogen-bond donors (Lipinski definition) is 2. The number of carbonyl (C=O) groups is 1. The van der Waals surface area contributed by atoms with Crippen LogP contribution in [0.3, 0.4) is 0 Å². The highest BCUT2D eigenvalue weighted by molar-refractivity contribution is 6.31. The molecule has 0 aliphatic carbocycles. The molecule has 2 N–H and O–H groups in total. The molecule has 128 valence electrons. The lowest BCUT2D eigenvalue weighted by Gasteiger charge is -2.28. The lowest BCUT2D eigenvalue weighted by atomic mass is 10.1. The molecular weight excluding hydrogens is 328 g/mol. The normalized spacial score (nSPS) is 16.1. The maximum Gasteiger partial charge on any atom is 0.320 e. The predicted molar refractivity (Wildman–Crippen MR) is 93.3 cm³/mol. The molecule has 2 heterocycles. The van der Waals surface area contributed by atoms with Crippen molar-refractivity contribution in [2.45, 2.75) is 25.8 Å². The minimum atomic E-state index is -0.306. The number of likely N-dealkylation sites (tertiary alicyclic amines) is 1. The van der Waals surface area contributed by atoms with Crippen molar-refractivity contribution in [3.63, 3.8) is 0 Å². The van der Waals surface area contributed by atoms with Crippen LogP contribution in [0.25, 0.3) is 0 Å². The Morgan fingerprint density at radius 3 is 2.79 bits per heavy atom. The lowest BCUT2D eigenvalue weighted by Crippen LogP contribution is -2.38. The molecule has 24 heavy (non-hydrogen) atoms. The second-order valence-corrected chi connectivity index (χ2v) is 6.35. The summed E-state index contributed by atoms with van der Waals surface area (Å²) >= 11 is 6.37. The van der Waals surface area contributed by atoms with E-state index in [4.69, 9.17) is 16.1 Å². The maximum atomic E-state index is 12.1. The van der Waals surface area contributed by atoms with E-state index in [2.05, 4.69) is 20.7 Å². The number of urea groups is 1. The fraction of sp³-hybridized carbons (Fsp3) is 0.412. The van der Waals surface area contributed by atoms with Gasteiger partial charge in [0.25, 0.3) is 0 Å². The first-order valence-corrected chi connectivity index (χ1v) is 8.48. The third kappa shape index (κ3) is 4.07. The van der Waals surface area contributed by atoms with Crippen LogP contribution in [0, 0.1) is 6.92 Å². The van der Waals surface area contributed by atoms with Gasteiger partial charge in [0.15, 0.2) is 5.82 Å². The SMILES string of the molecule is Cc1cc(NC(=O)NCC(c2ccccc2Cl)N2CCCC2)no1. The monoisotopic (exact) mass is 348 g/mol. The molecule has 1 aliphatic rings. The van der Waals surface area contributed by atoms with Crippen molar-refractivity contribution in [2.24, 2.45) is 0 Å². The lowest BCUT2D eigenvalue weighted by molar-refractivity contribution is 0.227. The van der Waals surface area contributed by atoms with E-state index in [-0.39, 0.29) is 12.1 Å². The Morgan fingerprint density at radius 2 is 2.12 bits per heavy atom. The van der Waals surface area contributed by atoms with E-state index >= 15 is 0 Å². The maximum absolute atomic E-state index is 12.1. The van der Waals surface area contributed by atoms with E-state index in [1.54, 1.807) is 13.0 Å². The Balaban J connectivity index is 1.65. The predicted octanol–water partition coefficient (Wildman–Crippen LogP) is 3.60. The fourth-order valence-electron chi connectivity index (χ4n) is 3.01. The third-order valence-electron chi connectivity index (χ3n) is 4.17. The molecule has 1 aromatic heterocycles. The van der Waals surface area contributed by atoms with Gasteiger partial charge in [0.1, 0.15) is 5.76 Å². The second-order valence-electron chi connectivity index (χ2n) is 5.94. The van der Waals surface area contributed by atoms with E-state index < -0.39 is 0 Å². The van der Waals surface area contributed by atoms with Crippen molar-refractivity contribution >= 4 is 23.4 Å². The molecule has 0 spiro atoms. The highest BCUT2D eigenvalue weighted by Crippen LogP contribution is 2.29. The summed E-state index contributed by atoms with van der Waals surface area (Å²) in [5, 5.41) is 10.1. The number of anilines is 1. The van der Waals surface area contributed by atoms with Gasteiger partial charge in [-0.1, -0.05) is 35.0 Å². The van der Waals surface area contributed by atoms with Crippen LogP contribution in [0.1, 0.15) is 30.2 Å². The van der Waals surface area contributed by atoms with Gasteiger partial charge in [-0.25, -0.2) is 4.79 Å². The molecule has 1 fully saturated rings. The van der Waals surface area contributed by atoms with Crippen LogP contribution in [0.2, 0.25) is 5.02 Å². The van der Waals surface area contributed by atoms with Crippen LogP contribution in [0.5, 0.6) is 0 Å². The molecule has 2 amide bonds. The number of nitrogens with one attached hydrogen (secondary N) is 2. The summed E-state index contributed by atoms with van der Waals surface area (Å²) in [5.74, 6) is 1.05. The molecule has 0 radical (unpaired) electrons. The largest absolute Gasteiger partial charge is 0.360 e. The molecule has 2 aromatic rings. The first-order valence-electron chi connectivity index (χ1n) is 8.10. The van der Waals surface area contributed by atoms with Crippen molar-refractivity contribution < 1.29 is 9.32 Å². The molecule has 1 aliphatic heterocycles. The second kappa shape index (κ2) is 7.68. The summed E-state index contributed by atoms with van der Waals surface area (Å²) < 4.78 is 4.94. The van der Waals surface area contributed by atoms with Crippen molar-refractivity contribution in [1.29, 1.82) is 0 Å². The van der Waals surface area contributed by atoms with Crippen LogP contribution in [0.4, 0.5) is 10.6 Å². The zero-order valence-electron chi connectivity index (χ0n) is 13.6. The number of benzene rings is 1. The highest BCUT2D eigenvalue weighted by atomic mass is 35.5. The molecule has 1 atom stereocenters. The van der Waals surface area contributed by atoms with Crippen molar-refractivity contribution in [1.82, 2.24) is 15.4 Å². The number of aromatic nitrogens is 1. The minimum absolute atomic E-state index is 0.0611. The minimum Gasteiger partial charge on any atom is -0.360 e. The van der Waals surface area contributed by atoms with E-state index in [0.29, 0.717) is 18.1 Å². The van der Waals surface area contributed by atoms with Crippen LogP contribution in [-0.2, 0) is 0 Å². The van der Waals surface area contributed by atoms with Gasteiger partial charge < -0.3 is 9.84 Å². The van der Waals surface area contributed by atoms with Crippen molar-refractivity contribution in [3.8, 4) is 0 Å². The summed E-state index contributed by atoms with van der Waals surface area (Å²) in [4.78, 5) is 14.5. The Morgan fingerprint density at radius 1 is 1.38 bits per heavy atom. The standard InChI is InChI=1S/C17H21ClN4O2/c1-12-10-16(21-24-12)20-17(23)19-11-15(22-8-4-5-9-22)13-6-2-3-7-14(13)18/h2-3,6-7,10,15H,4-5,8-9,11H2,1H3,(H2,19,20,21,23). The smallest absolute Gasteiger partial charge is 0.320 e. The number of amides is 2. The Bertz CT molecular complexity index is 697. The number of halogens is 1.